The van der Waals surface area contributed by atoms with E-state index in [0.29, 0.717) is 16.4 Å². The summed E-state index contributed by atoms with van der Waals surface area (Å²) < 4.78 is 20.5. The highest BCUT2D eigenvalue weighted by atomic mass is 31.2. The minimum atomic E-state index is -3.33. The zero-order valence-corrected chi connectivity index (χ0v) is 18.2. The maximum atomic E-state index is 14.2. The SMILES string of the molecule is O=P(Oc1ccc2[nH]nc(C=Cc3ccccc3)c2c1)(c1ccccc1)c1ccccc1. The van der Waals surface area contributed by atoms with E-state index in [0.717, 1.165) is 22.2 Å². The molecule has 0 atom stereocenters. The van der Waals surface area contributed by atoms with Crippen LogP contribution in [0.1, 0.15) is 11.3 Å². The van der Waals surface area contributed by atoms with Gasteiger partial charge in [-0.15, -0.1) is 0 Å². The van der Waals surface area contributed by atoms with Crippen molar-refractivity contribution < 1.29 is 9.09 Å². The number of hydrogen-bond acceptors (Lipinski definition) is 3. The van der Waals surface area contributed by atoms with Gasteiger partial charge < -0.3 is 4.52 Å². The Balaban J connectivity index is 1.54. The standard InChI is InChI=1S/C27H21N2O2P/c30-32(23-12-6-2-7-13-23,24-14-8-3-9-15-24)31-22-17-19-27-25(20-22)26(28-29-27)18-16-21-10-4-1-5-11-21/h1-20H,(H,28,29). The van der Waals surface area contributed by atoms with Crippen LogP contribution in [0.15, 0.2) is 109 Å². The van der Waals surface area contributed by atoms with Gasteiger partial charge in [0.1, 0.15) is 5.75 Å². The van der Waals surface area contributed by atoms with Crippen LogP contribution in [0.4, 0.5) is 0 Å². The maximum absolute atomic E-state index is 14.2. The van der Waals surface area contributed by atoms with Gasteiger partial charge >= 0.3 is 7.37 Å². The number of fused-ring (bicyclic) bond motifs is 1. The Hall–Kier alpha value is -3.88. The van der Waals surface area contributed by atoms with Crippen molar-refractivity contribution in [3.8, 4) is 5.75 Å². The predicted molar refractivity (Wildman–Crippen MR) is 132 cm³/mol. The molecular weight excluding hydrogens is 415 g/mol. The van der Waals surface area contributed by atoms with Gasteiger partial charge in [-0.1, -0.05) is 72.8 Å². The van der Waals surface area contributed by atoms with Crippen LogP contribution in [0.5, 0.6) is 5.75 Å². The molecule has 0 aliphatic heterocycles. The van der Waals surface area contributed by atoms with Crippen molar-refractivity contribution in [1.29, 1.82) is 0 Å². The maximum Gasteiger partial charge on any atom is 0.306 e. The van der Waals surface area contributed by atoms with Crippen molar-refractivity contribution in [1.82, 2.24) is 10.2 Å². The summed E-state index contributed by atoms with van der Waals surface area (Å²) in [5, 5.41) is 9.70. The summed E-state index contributed by atoms with van der Waals surface area (Å²) in [6.07, 6.45) is 3.98. The van der Waals surface area contributed by atoms with Crippen LogP contribution in [0.25, 0.3) is 23.1 Å². The molecule has 1 aromatic heterocycles. The minimum Gasteiger partial charge on any atom is -0.437 e. The van der Waals surface area contributed by atoms with Crippen molar-refractivity contribution in [3.05, 3.63) is 120 Å². The number of rotatable bonds is 6. The Labute approximate surface area is 186 Å². The van der Waals surface area contributed by atoms with Crippen LogP contribution in [0.3, 0.4) is 0 Å². The van der Waals surface area contributed by atoms with Crippen LogP contribution < -0.4 is 15.1 Å². The van der Waals surface area contributed by atoms with E-state index < -0.39 is 7.37 Å². The third-order valence-corrected chi connectivity index (χ3v) is 7.65. The van der Waals surface area contributed by atoms with E-state index in [1.54, 1.807) is 0 Å². The van der Waals surface area contributed by atoms with Crippen molar-refractivity contribution in [2.24, 2.45) is 0 Å². The fraction of sp³-hybridized carbons (Fsp3) is 0. The second kappa shape index (κ2) is 8.70. The van der Waals surface area contributed by atoms with Gasteiger partial charge in [0.05, 0.1) is 21.8 Å². The van der Waals surface area contributed by atoms with Crippen LogP contribution >= 0.6 is 7.37 Å². The summed E-state index contributed by atoms with van der Waals surface area (Å²) in [4.78, 5) is 0. The third kappa shape index (κ3) is 4.01. The molecule has 1 N–H and O–H groups in total. The molecule has 0 aliphatic carbocycles. The smallest absolute Gasteiger partial charge is 0.306 e. The average Bonchev–Trinajstić information content (AvgIpc) is 3.26. The highest BCUT2D eigenvalue weighted by Gasteiger charge is 2.30. The Bertz CT molecular complexity index is 1370. The lowest BCUT2D eigenvalue weighted by Crippen LogP contribution is -2.20. The lowest BCUT2D eigenvalue weighted by Gasteiger charge is -2.20. The second-order valence-electron chi connectivity index (χ2n) is 7.37. The molecule has 4 aromatic carbocycles. The topological polar surface area (TPSA) is 55.0 Å². The normalized spacial score (nSPS) is 11.8. The second-order valence-corrected chi connectivity index (χ2v) is 9.69. The summed E-state index contributed by atoms with van der Waals surface area (Å²) >= 11 is 0. The zero-order chi connectivity index (χ0) is 21.8. The molecule has 0 aliphatic rings. The Morgan fingerprint density at radius 2 is 1.31 bits per heavy atom. The summed E-state index contributed by atoms with van der Waals surface area (Å²) in [7, 11) is -3.33. The molecule has 0 fully saturated rings. The first kappa shape index (κ1) is 20.0. The fourth-order valence-electron chi connectivity index (χ4n) is 3.59. The van der Waals surface area contributed by atoms with Crippen molar-refractivity contribution in [3.63, 3.8) is 0 Å². The molecule has 0 radical (unpaired) electrons. The van der Waals surface area contributed by atoms with Crippen molar-refractivity contribution >= 4 is 41.0 Å². The quantitative estimate of drug-likeness (QED) is 0.330. The van der Waals surface area contributed by atoms with E-state index in [9.17, 15) is 4.57 Å². The van der Waals surface area contributed by atoms with Gasteiger partial charge in [0.25, 0.3) is 0 Å². The van der Waals surface area contributed by atoms with E-state index in [1.807, 2.05) is 121 Å². The molecule has 0 saturated carbocycles. The van der Waals surface area contributed by atoms with Gasteiger partial charge in [-0.3, -0.25) is 9.66 Å². The summed E-state index contributed by atoms with van der Waals surface area (Å²) in [5.74, 6) is 0.532. The molecule has 5 heteroatoms. The highest BCUT2D eigenvalue weighted by Crippen LogP contribution is 2.45. The van der Waals surface area contributed by atoms with Crippen LogP contribution in [0.2, 0.25) is 0 Å². The molecule has 0 amide bonds. The molecule has 1 heterocycles. The Kier molecular flexibility index (Phi) is 5.45. The molecular formula is C27H21N2O2P. The van der Waals surface area contributed by atoms with Gasteiger partial charge in [-0.2, -0.15) is 5.10 Å². The van der Waals surface area contributed by atoms with Crippen LogP contribution in [-0.2, 0) is 4.57 Å². The van der Waals surface area contributed by atoms with Crippen molar-refractivity contribution in [2.45, 2.75) is 0 Å². The molecule has 0 bridgehead atoms. The van der Waals surface area contributed by atoms with E-state index in [1.165, 1.54) is 0 Å². The summed E-state index contributed by atoms with van der Waals surface area (Å²) in [6.45, 7) is 0. The number of nitrogens with zero attached hydrogens (tertiary/aromatic N) is 1. The van der Waals surface area contributed by atoms with Gasteiger partial charge in [-0.05, 0) is 54.1 Å². The Morgan fingerprint density at radius 1 is 0.719 bits per heavy atom. The number of hydrogen-bond donors (Lipinski definition) is 1. The molecule has 156 valence electrons. The number of nitrogens with one attached hydrogen (secondary N) is 1. The molecule has 5 aromatic rings. The average molecular weight is 436 g/mol. The minimum absolute atomic E-state index is 0.532. The fourth-order valence-corrected chi connectivity index (χ4v) is 5.64. The van der Waals surface area contributed by atoms with E-state index >= 15 is 0 Å². The Morgan fingerprint density at radius 3 is 1.94 bits per heavy atom. The lowest BCUT2D eigenvalue weighted by molar-refractivity contribution is 0.503. The zero-order valence-electron chi connectivity index (χ0n) is 17.3. The first-order valence-corrected chi connectivity index (χ1v) is 12.0. The molecule has 0 saturated heterocycles. The highest BCUT2D eigenvalue weighted by molar-refractivity contribution is 7.74. The number of aromatic nitrogens is 2. The van der Waals surface area contributed by atoms with Gasteiger partial charge in [-0.25, -0.2) is 0 Å². The van der Waals surface area contributed by atoms with Crippen molar-refractivity contribution in [2.75, 3.05) is 0 Å². The van der Waals surface area contributed by atoms with Gasteiger partial charge in [0, 0.05) is 5.39 Å². The number of aromatic amines is 1. The molecule has 0 spiro atoms. The van der Waals surface area contributed by atoms with E-state index in [-0.39, 0.29) is 0 Å². The van der Waals surface area contributed by atoms with Crippen LogP contribution in [0, 0.1) is 0 Å². The predicted octanol–water partition coefficient (Wildman–Crippen LogP) is 6.04. The van der Waals surface area contributed by atoms with Gasteiger partial charge in [0.15, 0.2) is 0 Å². The third-order valence-electron chi connectivity index (χ3n) is 5.22. The monoisotopic (exact) mass is 436 g/mol. The number of benzene rings is 4. The summed E-state index contributed by atoms with van der Waals surface area (Å²) in [6, 6.07) is 34.4. The van der Waals surface area contributed by atoms with Gasteiger partial charge in [0.2, 0.25) is 0 Å². The first-order valence-electron chi connectivity index (χ1n) is 10.3. The molecule has 32 heavy (non-hydrogen) atoms. The van der Waals surface area contributed by atoms with E-state index in [4.69, 9.17) is 4.52 Å². The lowest BCUT2D eigenvalue weighted by atomic mass is 10.1. The molecule has 0 unspecified atom stereocenters. The summed E-state index contributed by atoms with van der Waals surface area (Å²) in [5.41, 5.74) is 2.77. The largest absolute Gasteiger partial charge is 0.437 e. The number of H-pyrrole nitrogens is 1. The van der Waals surface area contributed by atoms with E-state index in [2.05, 4.69) is 10.2 Å². The first-order chi connectivity index (χ1) is 15.7. The molecule has 5 rings (SSSR count). The molecule has 4 nitrogen and oxygen atoms in total. The van der Waals surface area contributed by atoms with Crippen LogP contribution in [-0.4, -0.2) is 10.2 Å².